The summed E-state index contributed by atoms with van der Waals surface area (Å²) in [5, 5.41) is 3.80. The van der Waals surface area contributed by atoms with Crippen molar-refractivity contribution in [1.29, 1.82) is 0 Å². The van der Waals surface area contributed by atoms with Crippen molar-refractivity contribution in [3.05, 3.63) is 35.4 Å². The molecule has 1 N–H and O–H groups in total. The zero-order valence-corrected chi connectivity index (χ0v) is 13.2. The van der Waals surface area contributed by atoms with Crippen LogP contribution in [0, 0.1) is 6.92 Å². The third kappa shape index (κ3) is 4.60. The van der Waals surface area contributed by atoms with Gasteiger partial charge in [0.2, 0.25) is 0 Å². The second kappa shape index (κ2) is 7.80. The van der Waals surface area contributed by atoms with Crippen LogP contribution in [0.25, 0.3) is 0 Å². The Morgan fingerprint density at radius 3 is 2.90 bits per heavy atom. The van der Waals surface area contributed by atoms with Crippen LogP contribution in [-0.2, 0) is 11.2 Å². The Bertz CT molecular complexity index is 402. The maximum Gasteiger partial charge on any atom is 0.0589 e. The highest BCUT2D eigenvalue weighted by Crippen LogP contribution is 2.19. The standard InChI is InChI=1S/C18H29NO/c1-4-7-18-13-17(10-11-20-18)19-15(3)12-16-9-6-5-8-14(16)2/h5-6,8-9,15,17-19H,4,7,10-13H2,1-3H3. The van der Waals surface area contributed by atoms with E-state index in [0.717, 1.165) is 19.4 Å². The number of hydrogen-bond acceptors (Lipinski definition) is 2. The van der Waals surface area contributed by atoms with E-state index in [0.29, 0.717) is 18.2 Å². The highest BCUT2D eigenvalue weighted by molar-refractivity contribution is 5.26. The normalized spacial score (nSPS) is 24.6. The Balaban J connectivity index is 1.82. The summed E-state index contributed by atoms with van der Waals surface area (Å²) in [6.45, 7) is 7.66. The number of nitrogens with one attached hydrogen (secondary N) is 1. The monoisotopic (exact) mass is 275 g/mol. The summed E-state index contributed by atoms with van der Waals surface area (Å²) in [6.07, 6.45) is 6.32. The van der Waals surface area contributed by atoms with Gasteiger partial charge in [0.15, 0.2) is 0 Å². The predicted molar refractivity (Wildman–Crippen MR) is 85.2 cm³/mol. The van der Waals surface area contributed by atoms with Crippen molar-refractivity contribution in [3.8, 4) is 0 Å². The number of hydrogen-bond donors (Lipinski definition) is 1. The first-order valence-corrected chi connectivity index (χ1v) is 8.11. The van der Waals surface area contributed by atoms with Gasteiger partial charge in [-0.15, -0.1) is 0 Å². The lowest BCUT2D eigenvalue weighted by atomic mass is 9.97. The van der Waals surface area contributed by atoms with Crippen LogP contribution >= 0.6 is 0 Å². The van der Waals surface area contributed by atoms with E-state index < -0.39 is 0 Å². The molecule has 3 unspecified atom stereocenters. The molecule has 1 aliphatic heterocycles. The fourth-order valence-electron chi connectivity index (χ4n) is 3.19. The molecule has 0 aliphatic carbocycles. The molecule has 0 radical (unpaired) electrons. The van der Waals surface area contributed by atoms with Crippen LogP contribution in [0.3, 0.4) is 0 Å². The largest absolute Gasteiger partial charge is 0.378 e. The fourth-order valence-corrected chi connectivity index (χ4v) is 3.19. The minimum atomic E-state index is 0.469. The molecular formula is C18H29NO. The Hall–Kier alpha value is -0.860. The van der Waals surface area contributed by atoms with E-state index in [9.17, 15) is 0 Å². The van der Waals surface area contributed by atoms with Gasteiger partial charge in [-0.25, -0.2) is 0 Å². The predicted octanol–water partition coefficient (Wildman–Crippen LogP) is 3.86. The molecule has 0 amide bonds. The van der Waals surface area contributed by atoms with Crippen molar-refractivity contribution in [2.24, 2.45) is 0 Å². The number of rotatable bonds is 6. The van der Waals surface area contributed by atoms with Crippen LogP contribution in [0.5, 0.6) is 0 Å². The van der Waals surface area contributed by atoms with E-state index in [1.807, 2.05) is 0 Å². The first-order chi connectivity index (χ1) is 9.69. The molecule has 1 saturated heterocycles. The van der Waals surface area contributed by atoms with E-state index >= 15 is 0 Å². The third-order valence-corrected chi connectivity index (χ3v) is 4.29. The van der Waals surface area contributed by atoms with Crippen molar-refractivity contribution in [2.45, 2.75) is 71.1 Å². The summed E-state index contributed by atoms with van der Waals surface area (Å²) in [6, 6.07) is 9.86. The smallest absolute Gasteiger partial charge is 0.0589 e. The lowest BCUT2D eigenvalue weighted by molar-refractivity contribution is -0.00465. The molecule has 2 heteroatoms. The lowest BCUT2D eigenvalue weighted by Gasteiger charge is -2.32. The second-order valence-corrected chi connectivity index (χ2v) is 6.20. The van der Waals surface area contributed by atoms with Gasteiger partial charge in [0, 0.05) is 18.7 Å². The van der Waals surface area contributed by atoms with E-state index in [2.05, 4.69) is 50.4 Å². The molecule has 3 atom stereocenters. The average Bonchev–Trinajstić information content (AvgIpc) is 2.42. The zero-order valence-electron chi connectivity index (χ0n) is 13.2. The van der Waals surface area contributed by atoms with Gasteiger partial charge >= 0.3 is 0 Å². The number of aryl methyl sites for hydroxylation is 1. The molecule has 0 bridgehead atoms. The molecule has 1 fully saturated rings. The van der Waals surface area contributed by atoms with Gasteiger partial charge < -0.3 is 10.1 Å². The van der Waals surface area contributed by atoms with Crippen molar-refractivity contribution >= 4 is 0 Å². The van der Waals surface area contributed by atoms with Gasteiger partial charge in [-0.05, 0) is 50.7 Å². The third-order valence-electron chi connectivity index (χ3n) is 4.29. The second-order valence-electron chi connectivity index (χ2n) is 6.20. The van der Waals surface area contributed by atoms with Crippen LogP contribution in [0.2, 0.25) is 0 Å². The molecule has 0 aromatic heterocycles. The first-order valence-electron chi connectivity index (χ1n) is 8.11. The van der Waals surface area contributed by atoms with Crippen molar-refractivity contribution < 1.29 is 4.74 Å². The SMILES string of the molecule is CCCC1CC(NC(C)Cc2ccccc2C)CCO1. The average molecular weight is 275 g/mol. The molecule has 0 spiro atoms. The zero-order chi connectivity index (χ0) is 14.4. The molecule has 2 nitrogen and oxygen atoms in total. The first kappa shape index (κ1) is 15.5. The van der Waals surface area contributed by atoms with Crippen LogP contribution < -0.4 is 5.32 Å². The van der Waals surface area contributed by atoms with Crippen molar-refractivity contribution in [2.75, 3.05) is 6.61 Å². The maximum absolute atomic E-state index is 5.83. The topological polar surface area (TPSA) is 21.3 Å². The quantitative estimate of drug-likeness (QED) is 0.851. The van der Waals surface area contributed by atoms with Gasteiger partial charge in [0.1, 0.15) is 0 Å². The summed E-state index contributed by atoms with van der Waals surface area (Å²) >= 11 is 0. The Morgan fingerprint density at radius 2 is 2.15 bits per heavy atom. The molecule has 0 saturated carbocycles. The summed E-state index contributed by atoms with van der Waals surface area (Å²) in [5.74, 6) is 0. The van der Waals surface area contributed by atoms with Gasteiger partial charge in [-0.2, -0.15) is 0 Å². The molecular weight excluding hydrogens is 246 g/mol. The number of benzene rings is 1. The van der Waals surface area contributed by atoms with Crippen LogP contribution in [0.1, 0.15) is 50.7 Å². The van der Waals surface area contributed by atoms with Gasteiger partial charge in [0.25, 0.3) is 0 Å². The Kier molecular flexibility index (Phi) is 6.06. The molecule has 2 rings (SSSR count). The van der Waals surface area contributed by atoms with Crippen molar-refractivity contribution in [3.63, 3.8) is 0 Å². The maximum atomic E-state index is 5.83. The summed E-state index contributed by atoms with van der Waals surface area (Å²) in [5.41, 5.74) is 2.86. The minimum Gasteiger partial charge on any atom is -0.378 e. The molecule has 1 heterocycles. The summed E-state index contributed by atoms with van der Waals surface area (Å²) in [7, 11) is 0. The molecule has 20 heavy (non-hydrogen) atoms. The Morgan fingerprint density at radius 1 is 1.35 bits per heavy atom. The Labute approximate surface area is 123 Å². The molecule has 1 aromatic rings. The van der Waals surface area contributed by atoms with Gasteiger partial charge in [-0.1, -0.05) is 37.6 Å². The van der Waals surface area contributed by atoms with Gasteiger partial charge in [0.05, 0.1) is 6.10 Å². The number of ether oxygens (including phenoxy) is 1. The van der Waals surface area contributed by atoms with Gasteiger partial charge in [-0.3, -0.25) is 0 Å². The van der Waals surface area contributed by atoms with Crippen LogP contribution in [-0.4, -0.2) is 24.8 Å². The van der Waals surface area contributed by atoms with Crippen molar-refractivity contribution in [1.82, 2.24) is 5.32 Å². The lowest BCUT2D eigenvalue weighted by Crippen LogP contribution is -2.43. The van der Waals surface area contributed by atoms with Crippen LogP contribution in [0.4, 0.5) is 0 Å². The minimum absolute atomic E-state index is 0.469. The summed E-state index contributed by atoms with van der Waals surface area (Å²) in [4.78, 5) is 0. The van der Waals surface area contributed by atoms with E-state index in [4.69, 9.17) is 4.74 Å². The molecule has 1 aliphatic rings. The molecule has 1 aromatic carbocycles. The fraction of sp³-hybridized carbons (Fsp3) is 0.667. The highest BCUT2D eigenvalue weighted by Gasteiger charge is 2.23. The highest BCUT2D eigenvalue weighted by atomic mass is 16.5. The van der Waals surface area contributed by atoms with Crippen LogP contribution in [0.15, 0.2) is 24.3 Å². The van der Waals surface area contributed by atoms with E-state index in [1.54, 1.807) is 0 Å². The molecule has 112 valence electrons. The van der Waals surface area contributed by atoms with E-state index in [1.165, 1.54) is 30.4 Å². The van der Waals surface area contributed by atoms with E-state index in [-0.39, 0.29) is 0 Å². The summed E-state index contributed by atoms with van der Waals surface area (Å²) < 4.78 is 5.83.